The Labute approximate surface area is 175 Å². The van der Waals surface area contributed by atoms with Crippen molar-refractivity contribution in [1.82, 2.24) is 4.31 Å². The van der Waals surface area contributed by atoms with Crippen LogP contribution in [0.3, 0.4) is 0 Å². The van der Waals surface area contributed by atoms with Crippen molar-refractivity contribution in [2.45, 2.75) is 50.5 Å². The number of anilines is 1. The second kappa shape index (κ2) is 8.25. The molecule has 1 aliphatic rings. The van der Waals surface area contributed by atoms with Gasteiger partial charge in [0.2, 0.25) is 10.0 Å². The zero-order valence-electron chi connectivity index (χ0n) is 16.7. The first-order chi connectivity index (χ1) is 13.6. The Bertz CT molecular complexity index is 1040. The van der Waals surface area contributed by atoms with Crippen LogP contribution in [0.2, 0.25) is 0 Å². The largest absolute Gasteiger partial charge is 0.365 e. The lowest BCUT2D eigenvalue weighted by Crippen LogP contribution is -2.35. The van der Waals surface area contributed by atoms with E-state index in [2.05, 4.69) is 5.32 Å². The van der Waals surface area contributed by atoms with Crippen molar-refractivity contribution < 1.29 is 18.0 Å². The molecule has 0 spiro atoms. The van der Waals surface area contributed by atoms with E-state index in [4.69, 9.17) is 5.73 Å². The van der Waals surface area contributed by atoms with Crippen LogP contribution in [-0.2, 0) is 10.0 Å². The van der Waals surface area contributed by atoms with Crippen LogP contribution in [0.1, 0.15) is 56.8 Å². The summed E-state index contributed by atoms with van der Waals surface area (Å²) >= 11 is 1.28. The third-order valence-corrected chi connectivity index (χ3v) is 8.54. The molecule has 0 saturated heterocycles. The lowest BCUT2D eigenvalue weighted by molar-refractivity contribution is 0.100. The van der Waals surface area contributed by atoms with Crippen molar-refractivity contribution in [2.24, 2.45) is 5.73 Å². The minimum atomic E-state index is -3.60. The van der Waals surface area contributed by atoms with Crippen molar-refractivity contribution in [2.75, 3.05) is 12.4 Å². The first kappa shape index (κ1) is 21.5. The first-order valence-corrected chi connectivity index (χ1v) is 11.7. The van der Waals surface area contributed by atoms with Crippen LogP contribution in [0.25, 0.3) is 0 Å². The average molecular weight is 436 g/mol. The van der Waals surface area contributed by atoms with E-state index in [0.717, 1.165) is 36.1 Å². The molecule has 1 aromatic heterocycles. The molecule has 29 heavy (non-hydrogen) atoms. The summed E-state index contributed by atoms with van der Waals surface area (Å²) in [6.07, 6.45) is 3.83. The lowest BCUT2D eigenvalue weighted by Gasteiger charge is -2.23. The molecule has 0 radical (unpaired) electrons. The molecule has 156 valence electrons. The summed E-state index contributed by atoms with van der Waals surface area (Å²) in [6.45, 7) is 3.63. The maximum absolute atomic E-state index is 12.8. The zero-order chi connectivity index (χ0) is 21.3. The van der Waals surface area contributed by atoms with E-state index >= 15 is 0 Å². The number of nitrogens with two attached hydrogens (primary N) is 1. The van der Waals surface area contributed by atoms with Crippen LogP contribution in [0, 0.1) is 13.8 Å². The number of benzene rings is 1. The Hall–Kier alpha value is -2.23. The summed E-state index contributed by atoms with van der Waals surface area (Å²) in [6, 6.07) is 5.86. The van der Waals surface area contributed by atoms with E-state index < -0.39 is 21.8 Å². The number of hydrogen-bond donors (Lipinski definition) is 2. The molecule has 3 N–H and O–H groups in total. The number of aryl methyl sites for hydroxylation is 1. The summed E-state index contributed by atoms with van der Waals surface area (Å²) in [5, 5.41) is 3.11. The van der Waals surface area contributed by atoms with Gasteiger partial charge in [-0.1, -0.05) is 12.8 Å². The van der Waals surface area contributed by atoms with Gasteiger partial charge in [-0.15, -0.1) is 11.3 Å². The van der Waals surface area contributed by atoms with Gasteiger partial charge in [-0.25, -0.2) is 8.42 Å². The summed E-state index contributed by atoms with van der Waals surface area (Å²) < 4.78 is 27.1. The van der Waals surface area contributed by atoms with Crippen LogP contribution < -0.4 is 11.1 Å². The quantitative estimate of drug-likeness (QED) is 0.725. The predicted octanol–water partition coefficient (Wildman–Crippen LogP) is 3.28. The van der Waals surface area contributed by atoms with Gasteiger partial charge in [0.05, 0.1) is 10.5 Å². The molecule has 0 atom stereocenters. The Morgan fingerprint density at radius 3 is 2.28 bits per heavy atom. The van der Waals surface area contributed by atoms with Gasteiger partial charge in [0.15, 0.2) is 0 Å². The minimum absolute atomic E-state index is 0.0282. The number of carbonyl (C=O) groups is 2. The van der Waals surface area contributed by atoms with Crippen LogP contribution in [0.15, 0.2) is 29.2 Å². The normalized spacial score (nSPS) is 15.0. The molecular weight excluding hydrogens is 410 g/mol. The molecule has 0 bridgehead atoms. The van der Waals surface area contributed by atoms with Crippen molar-refractivity contribution in [3.8, 4) is 0 Å². The lowest BCUT2D eigenvalue weighted by atomic mass is 10.1. The average Bonchev–Trinajstić information content (AvgIpc) is 3.30. The Morgan fingerprint density at radius 2 is 1.72 bits per heavy atom. The Balaban J connectivity index is 1.79. The van der Waals surface area contributed by atoms with Crippen LogP contribution in [0.4, 0.5) is 5.00 Å². The third-order valence-electron chi connectivity index (χ3n) is 5.49. The number of carbonyl (C=O) groups excluding carboxylic acids is 2. The van der Waals surface area contributed by atoms with Gasteiger partial charge in [0.25, 0.3) is 11.8 Å². The predicted molar refractivity (Wildman–Crippen MR) is 114 cm³/mol. The van der Waals surface area contributed by atoms with E-state index in [9.17, 15) is 18.0 Å². The van der Waals surface area contributed by atoms with Crippen molar-refractivity contribution in [3.63, 3.8) is 0 Å². The molecule has 0 aliphatic heterocycles. The van der Waals surface area contributed by atoms with Crippen molar-refractivity contribution in [3.05, 3.63) is 45.8 Å². The molecule has 0 unspecified atom stereocenters. The zero-order valence-corrected chi connectivity index (χ0v) is 18.3. The molecule has 1 heterocycles. The van der Waals surface area contributed by atoms with Gasteiger partial charge >= 0.3 is 0 Å². The first-order valence-electron chi connectivity index (χ1n) is 9.42. The summed E-state index contributed by atoms with van der Waals surface area (Å²) in [5.74, 6) is -1.03. The van der Waals surface area contributed by atoms with E-state index in [1.54, 1.807) is 14.0 Å². The van der Waals surface area contributed by atoms with Crippen molar-refractivity contribution >= 4 is 38.2 Å². The number of nitrogens with zero attached hydrogens (tertiary/aromatic N) is 1. The van der Waals surface area contributed by atoms with E-state index in [1.807, 2.05) is 6.92 Å². The molecule has 2 aromatic rings. The van der Waals surface area contributed by atoms with E-state index in [1.165, 1.54) is 39.9 Å². The molecule has 1 aromatic carbocycles. The Kier molecular flexibility index (Phi) is 6.11. The molecule has 3 rings (SSSR count). The Morgan fingerprint density at radius 1 is 1.14 bits per heavy atom. The van der Waals surface area contributed by atoms with Crippen LogP contribution >= 0.6 is 11.3 Å². The molecule has 1 saturated carbocycles. The SMILES string of the molecule is Cc1sc(NC(=O)c2ccc(S(=O)(=O)N(C)C3CCCC3)cc2)c(C(N)=O)c1C. The highest BCUT2D eigenvalue weighted by molar-refractivity contribution is 7.89. The molecule has 7 nitrogen and oxygen atoms in total. The smallest absolute Gasteiger partial charge is 0.256 e. The van der Waals surface area contributed by atoms with Gasteiger partial charge in [0, 0.05) is 23.5 Å². The second-order valence-corrected chi connectivity index (χ2v) is 10.5. The standard InChI is InChI=1S/C20H25N3O4S2/c1-12-13(2)28-20(17(12)18(21)24)22-19(25)14-8-10-16(11-9-14)29(26,27)23(3)15-6-4-5-7-15/h8-11,15H,4-7H2,1-3H3,(H2,21,24)(H,22,25). The third kappa shape index (κ3) is 4.22. The maximum atomic E-state index is 12.8. The van der Waals surface area contributed by atoms with E-state index in [-0.39, 0.29) is 10.9 Å². The fourth-order valence-corrected chi connectivity index (χ4v) is 6.07. The number of nitrogens with one attached hydrogen (secondary N) is 1. The summed E-state index contributed by atoms with van der Waals surface area (Å²) in [7, 11) is -1.99. The molecule has 9 heteroatoms. The summed E-state index contributed by atoms with van der Waals surface area (Å²) in [5.41, 5.74) is 6.78. The number of sulfonamides is 1. The highest BCUT2D eigenvalue weighted by Gasteiger charge is 2.30. The van der Waals surface area contributed by atoms with Gasteiger partial charge < -0.3 is 11.1 Å². The highest BCUT2D eigenvalue weighted by atomic mass is 32.2. The molecular formula is C20H25N3O4S2. The molecule has 2 amide bonds. The van der Waals surface area contributed by atoms with Crippen molar-refractivity contribution in [1.29, 1.82) is 0 Å². The van der Waals surface area contributed by atoms with Gasteiger partial charge in [-0.05, 0) is 56.5 Å². The minimum Gasteiger partial charge on any atom is -0.365 e. The summed E-state index contributed by atoms with van der Waals surface area (Å²) in [4.78, 5) is 25.4. The van der Waals surface area contributed by atoms with Gasteiger partial charge in [-0.2, -0.15) is 4.31 Å². The fraction of sp³-hybridized carbons (Fsp3) is 0.400. The van der Waals surface area contributed by atoms with E-state index in [0.29, 0.717) is 16.1 Å². The molecule has 1 aliphatic carbocycles. The van der Waals surface area contributed by atoms with Crippen LogP contribution in [-0.4, -0.2) is 37.6 Å². The second-order valence-electron chi connectivity index (χ2n) is 7.29. The van der Waals surface area contributed by atoms with Gasteiger partial charge in [0.1, 0.15) is 5.00 Å². The molecule has 1 fully saturated rings. The topological polar surface area (TPSA) is 110 Å². The monoisotopic (exact) mass is 435 g/mol. The number of rotatable bonds is 6. The highest BCUT2D eigenvalue weighted by Crippen LogP contribution is 2.32. The number of thiophene rings is 1. The van der Waals surface area contributed by atoms with Gasteiger partial charge in [-0.3, -0.25) is 9.59 Å². The van der Waals surface area contributed by atoms with Crippen LogP contribution in [0.5, 0.6) is 0 Å². The number of primary amides is 1. The number of amides is 2. The number of hydrogen-bond acceptors (Lipinski definition) is 5. The fourth-order valence-electron chi connectivity index (χ4n) is 3.60. The maximum Gasteiger partial charge on any atom is 0.256 e.